The van der Waals surface area contributed by atoms with Crippen molar-refractivity contribution in [3.63, 3.8) is 0 Å². The van der Waals surface area contributed by atoms with E-state index in [2.05, 4.69) is 47.4 Å². The molecular weight excluding hydrogens is 1090 g/mol. The summed E-state index contributed by atoms with van der Waals surface area (Å²) in [5.41, 5.74) is 11.7. The number of ether oxygens (including phenoxy) is 2. The lowest BCUT2D eigenvalue weighted by atomic mass is 10.0. The number of alkyl halides is 6. The molecule has 0 radical (unpaired) electrons. The van der Waals surface area contributed by atoms with Gasteiger partial charge in [-0.1, -0.05) is 48.5 Å². The van der Waals surface area contributed by atoms with E-state index < -0.39 is 37.4 Å². The summed E-state index contributed by atoms with van der Waals surface area (Å²) in [6, 6.07) is 22.1. The number of benzene rings is 2. The Morgan fingerprint density at radius 2 is 1.11 bits per heavy atom. The third-order valence-corrected chi connectivity index (χ3v) is 15.7. The maximum atomic E-state index is 12.9. The van der Waals surface area contributed by atoms with Gasteiger partial charge >= 0.3 is 12.4 Å². The Kier molecular flexibility index (Phi) is 19.9. The number of ketones is 1. The summed E-state index contributed by atoms with van der Waals surface area (Å²) >= 11 is 2.04. The van der Waals surface area contributed by atoms with Crippen LogP contribution in [0.3, 0.4) is 0 Å². The predicted octanol–water partition coefficient (Wildman–Crippen LogP) is 10.4. The number of likely N-dealkylation sites (N-methyl/N-ethyl adjacent to an activating group) is 2. The van der Waals surface area contributed by atoms with Gasteiger partial charge < -0.3 is 40.5 Å². The molecule has 2 fully saturated rings. The second kappa shape index (κ2) is 26.1. The van der Waals surface area contributed by atoms with Crippen molar-refractivity contribution >= 4 is 72.9 Å². The highest BCUT2D eigenvalue weighted by Crippen LogP contribution is 2.38. The van der Waals surface area contributed by atoms with Crippen molar-refractivity contribution in [1.29, 1.82) is 0 Å². The summed E-state index contributed by atoms with van der Waals surface area (Å²) in [5.74, 6) is 2.55. The highest BCUT2D eigenvalue weighted by molar-refractivity contribution is 7.19. The molecule has 420 valence electrons. The van der Waals surface area contributed by atoms with Gasteiger partial charge in [-0.15, -0.1) is 35.1 Å². The topological polar surface area (TPSA) is 198 Å². The van der Waals surface area contributed by atoms with Gasteiger partial charge in [-0.25, -0.2) is 19.9 Å². The van der Waals surface area contributed by atoms with Crippen LogP contribution in [0.5, 0.6) is 11.5 Å². The van der Waals surface area contributed by atoms with E-state index in [4.69, 9.17) is 15.2 Å². The average molecular weight is 1150 g/mol. The van der Waals surface area contributed by atoms with Gasteiger partial charge in [-0.05, 0) is 73.6 Å². The number of halogens is 7. The fraction of sp³-hybridized carbons (Fsp3) is 0.364. The van der Waals surface area contributed by atoms with Crippen LogP contribution in [-0.4, -0.2) is 123 Å². The van der Waals surface area contributed by atoms with Gasteiger partial charge in [0.05, 0.1) is 74.5 Å². The molecule has 0 bridgehead atoms. The zero-order chi connectivity index (χ0) is 55.9. The van der Waals surface area contributed by atoms with E-state index >= 15 is 0 Å². The number of hydrogen-bond donors (Lipinski definition) is 4. The first-order valence-electron chi connectivity index (χ1n) is 24.7. The van der Waals surface area contributed by atoms with Gasteiger partial charge in [0.15, 0.2) is 5.78 Å². The number of aliphatic hydroxyl groups excluding tert-OH is 2. The smallest absolute Gasteiger partial charge is 0.393 e. The Morgan fingerprint density at radius 3 is 1.54 bits per heavy atom. The molecule has 6 atom stereocenters. The van der Waals surface area contributed by atoms with Gasteiger partial charge in [-0.2, -0.15) is 26.3 Å². The van der Waals surface area contributed by atoms with Crippen molar-refractivity contribution in [3.8, 4) is 33.8 Å². The van der Waals surface area contributed by atoms with Crippen molar-refractivity contribution < 1.29 is 50.8 Å². The van der Waals surface area contributed by atoms with Crippen LogP contribution in [0.2, 0.25) is 0 Å². The zero-order valence-corrected chi connectivity index (χ0v) is 46.0. The third kappa shape index (κ3) is 15.6. The van der Waals surface area contributed by atoms with Crippen molar-refractivity contribution in [2.45, 2.75) is 101 Å². The Morgan fingerprint density at radius 1 is 0.658 bits per heavy atom. The van der Waals surface area contributed by atoms with E-state index in [1.807, 2.05) is 60.5 Å². The number of nitrogens with two attached hydrogens (primary N) is 1. The SMILES string of the molecule is CN(c1ncnc2sc(CC(F)(F)F)cc12)[C@H]1C[C@@H](N)C[C@H]1O.COc1cncc(-c2ccc(C(C)=O)cc2)c1.COc1cncc(-c2ccc(CN[C@H]3C[C@@H](O)[C@@H](N(C)c4ncnc5sc(CC(F)(F)F)cc45)C3)cc2)c1.Cl. The predicted molar refractivity (Wildman–Crippen MR) is 298 cm³/mol. The number of hydrogen-bond acceptors (Lipinski definition) is 17. The maximum absolute atomic E-state index is 12.9. The number of Topliss-reactive ketones (excluding diaryl/α,β-unsaturated/α-hetero) is 1. The Bertz CT molecular complexity index is 3300. The molecule has 79 heavy (non-hydrogen) atoms. The molecule has 8 aromatic rings. The fourth-order valence-corrected chi connectivity index (χ4v) is 11.6. The summed E-state index contributed by atoms with van der Waals surface area (Å²) in [7, 11) is 6.82. The van der Waals surface area contributed by atoms with Crippen LogP contribution < -0.4 is 30.3 Å². The lowest BCUT2D eigenvalue weighted by Crippen LogP contribution is -2.38. The number of aliphatic hydroxyl groups is 2. The molecule has 2 aliphatic rings. The van der Waals surface area contributed by atoms with Crippen molar-refractivity contribution in [3.05, 3.63) is 131 Å². The van der Waals surface area contributed by atoms with Crippen molar-refractivity contribution in [2.24, 2.45) is 5.73 Å². The van der Waals surface area contributed by atoms with Gasteiger partial charge in [0.25, 0.3) is 0 Å². The number of aromatic nitrogens is 6. The van der Waals surface area contributed by atoms with E-state index in [1.54, 1.807) is 57.9 Å². The van der Waals surface area contributed by atoms with Crippen LogP contribution >= 0.6 is 35.1 Å². The molecule has 10 rings (SSSR count). The number of fused-ring (bicyclic) bond motifs is 2. The number of carbonyl (C=O) groups is 1. The van der Waals surface area contributed by atoms with E-state index in [-0.39, 0.29) is 52.1 Å². The van der Waals surface area contributed by atoms with Gasteiger partial charge in [0, 0.05) is 71.6 Å². The summed E-state index contributed by atoms with van der Waals surface area (Å²) in [6.45, 7) is 2.20. The van der Waals surface area contributed by atoms with E-state index in [0.29, 0.717) is 75.6 Å². The Labute approximate surface area is 466 Å². The molecule has 6 aromatic heterocycles. The van der Waals surface area contributed by atoms with Crippen LogP contribution in [0, 0.1) is 0 Å². The lowest BCUT2D eigenvalue weighted by molar-refractivity contribution is -0.127. The van der Waals surface area contributed by atoms with E-state index in [1.165, 1.54) is 24.8 Å². The minimum atomic E-state index is -4.28. The molecule has 2 saturated carbocycles. The van der Waals surface area contributed by atoms with Crippen molar-refractivity contribution in [1.82, 2.24) is 35.2 Å². The van der Waals surface area contributed by atoms with E-state index in [9.17, 15) is 41.4 Å². The van der Waals surface area contributed by atoms with Crippen LogP contribution in [0.4, 0.5) is 38.0 Å². The summed E-state index contributed by atoms with van der Waals surface area (Å²) in [4.78, 5) is 41.3. The molecule has 15 nitrogen and oxygen atoms in total. The number of carbonyl (C=O) groups excluding carboxylic acids is 1. The Balaban J connectivity index is 0.000000187. The highest BCUT2D eigenvalue weighted by atomic mass is 35.5. The number of anilines is 2. The quantitative estimate of drug-likeness (QED) is 0.0592. The number of nitrogens with one attached hydrogen (secondary N) is 1. The molecule has 0 amide bonds. The van der Waals surface area contributed by atoms with Crippen LogP contribution in [0.25, 0.3) is 42.7 Å². The van der Waals surface area contributed by atoms with Gasteiger partial charge in [-0.3, -0.25) is 14.8 Å². The molecular formula is C55H59ClF6N10O5S2. The molecule has 24 heteroatoms. The first-order valence-corrected chi connectivity index (χ1v) is 26.4. The average Bonchev–Trinajstić information content (AvgIpc) is 4.32. The molecule has 2 aromatic carbocycles. The lowest BCUT2D eigenvalue weighted by Gasteiger charge is -2.28. The molecule has 6 heterocycles. The minimum absolute atomic E-state index is 0. The largest absolute Gasteiger partial charge is 0.495 e. The third-order valence-electron chi connectivity index (χ3n) is 13.6. The Hall–Kier alpha value is -6.60. The summed E-state index contributed by atoms with van der Waals surface area (Å²) in [5, 5.41) is 25.6. The number of pyridine rings is 2. The number of rotatable bonds is 14. The second-order valence-corrected chi connectivity index (χ2v) is 21.4. The van der Waals surface area contributed by atoms with Crippen molar-refractivity contribution in [2.75, 3.05) is 38.1 Å². The first-order chi connectivity index (χ1) is 37.1. The molecule has 0 spiro atoms. The number of methoxy groups -OCH3 is 2. The molecule has 5 N–H and O–H groups in total. The zero-order valence-electron chi connectivity index (χ0n) is 43.6. The summed E-state index contributed by atoms with van der Waals surface area (Å²) < 4.78 is 86.8. The second-order valence-electron chi connectivity index (χ2n) is 19.2. The van der Waals surface area contributed by atoms with Gasteiger partial charge in [0.1, 0.15) is 45.5 Å². The fourth-order valence-electron chi connectivity index (χ4n) is 9.61. The first kappa shape index (κ1) is 60.0. The monoisotopic (exact) mass is 1150 g/mol. The maximum Gasteiger partial charge on any atom is 0.393 e. The summed E-state index contributed by atoms with van der Waals surface area (Å²) in [6.07, 6.45) is 0.277. The molecule has 0 aliphatic heterocycles. The van der Waals surface area contributed by atoms with Gasteiger partial charge in [0.2, 0.25) is 0 Å². The molecule has 2 aliphatic carbocycles. The molecule has 0 saturated heterocycles. The van der Waals surface area contributed by atoms with Crippen LogP contribution in [0.1, 0.15) is 58.3 Å². The number of thiophene rings is 2. The van der Waals surface area contributed by atoms with E-state index in [0.717, 1.165) is 56.2 Å². The van der Waals surface area contributed by atoms with Crippen LogP contribution in [-0.2, 0) is 19.4 Å². The molecule has 0 unspecified atom stereocenters. The highest BCUT2D eigenvalue weighted by Gasteiger charge is 2.38. The minimum Gasteiger partial charge on any atom is -0.495 e. The van der Waals surface area contributed by atoms with Crippen LogP contribution in [0.15, 0.2) is 110 Å². The normalized spacial score (nSPS) is 19.0. The number of nitrogens with zero attached hydrogens (tertiary/aromatic N) is 8. The standard InChI is InChI=1S/C27H28F3N5O2S.C14H17F3N4OS.C14H13NO2.ClH/c1-35(25-22-10-21(11-27(28,29)30)38-26(22)34-15-33-25)23-8-19(9-24(23)36)32-12-16-3-5-17(6-4-16)18-7-20(37-2)14-31-13-18;1-21(10-2-7(18)3-11(10)22)12-9-4-8(5-14(15,16)17)23-13(9)20-6-19-12;1-10(16)11-3-5-12(6-4-11)13-7-14(17-2)9-15-8-13;/h3-7,10,13-15,19,23-24,32,36H,8-9,11-12H2,1-2H3;4,6-7,10-11,22H,2-3,5,18H2,1H3;3-9H,1-2H3;1H/t19-,23+,24-;7-,10+,11-;;/m11../s1.